The van der Waals surface area contributed by atoms with E-state index in [1.807, 2.05) is 30.3 Å². The van der Waals surface area contributed by atoms with E-state index < -0.39 is 29.9 Å². The average Bonchev–Trinajstić information content (AvgIpc) is 3.11. The minimum Gasteiger partial charge on any atom is -0.508 e. The molecule has 1 aliphatic rings. The first-order valence-electron chi connectivity index (χ1n) is 10.1. The molecule has 2 aromatic carbocycles. The number of benzene rings is 2. The molecule has 0 spiro atoms. The van der Waals surface area contributed by atoms with Gasteiger partial charge in [-0.1, -0.05) is 24.3 Å². The lowest BCUT2D eigenvalue weighted by molar-refractivity contribution is -0.211. The Kier molecular flexibility index (Phi) is 8.23. The summed E-state index contributed by atoms with van der Waals surface area (Å²) in [6.07, 6.45) is -0.933. The number of nitrogens with zero attached hydrogens (tertiary/aromatic N) is 1. The van der Waals surface area contributed by atoms with Gasteiger partial charge in [0, 0.05) is 34.6 Å². The molecule has 0 aromatic heterocycles. The van der Waals surface area contributed by atoms with E-state index in [0.29, 0.717) is 21.9 Å². The first kappa shape index (κ1) is 23.7. The van der Waals surface area contributed by atoms with E-state index in [2.05, 4.69) is 10.8 Å². The van der Waals surface area contributed by atoms with Crippen molar-refractivity contribution in [1.29, 1.82) is 0 Å². The molecule has 1 saturated heterocycles. The highest BCUT2D eigenvalue weighted by atomic mass is 32.2. The first-order valence-corrected chi connectivity index (χ1v) is 11.1. The number of carbonyl (C=O) groups excluding carboxylic acids is 3. The third-order valence-corrected chi connectivity index (χ3v) is 6.09. The second-order valence-corrected chi connectivity index (χ2v) is 8.34. The molecule has 0 radical (unpaired) electrons. The van der Waals surface area contributed by atoms with Crippen LogP contribution in [0, 0.1) is 6.92 Å². The molecule has 3 amide bonds. The van der Waals surface area contributed by atoms with Crippen molar-refractivity contribution in [3.05, 3.63) is 59.7 Å². The average molecular weight is 460 g/mol. The summed E-state index contributed by atoms with van der Waals surface area (Å²) < 4.78 is 0. The maximum absolute atomic E-state index is 12.8. The Labute approximate surface area is 189 Å². The van der Waals surface area contributed by atoms with Gasteiger partial charge in [-0.15, -0.1) is 16.8 Å². The molecule has 3 rings (SSSR count). The van der Waals surface area contributed by atoms with Gasteiger partial charge in [-0.3, -0.25) is 14.4 Å². The topological polar surface area (TPSA) is 128 Å². The summed E-state index contributed by atoms with van der Waals surface area (Å²) in [5.74, 6) is -1.01. The molecule has 1 aliphatic heterocycles. The minimum absolute atomic E-state index is 0.00317. The molecule has 2 aromatic rings. The summed E-state index contributed by atoms with van der Waals surface area (Å²) in [7, 11) is 0. The summed E-state index contributed by atoms with van der Waals surface area (Å²) in [6, 6.07) is 13.5. The predicted octanol–water partition coefficient (Wildman–Crippen LogP) is 1.54. The molecule has 0 aliphatic carbocycles. The van der Waals surface area contributed by atoms with Gasteiger partial charge >= 0.3 is 0 Å². The lowest BCUT2D eigenvalue weighted by Gasteiger charge is -2.25. The van der Waals surface area contributed by atoms with E-state index in [0.717, 1.165) is 4.90 Å². The number of hydrogen-bond donors (Lipinski definition) is 4. The van der Waals surface area contributed by atoms with Crippen molar-refractivity contribution >= 4 is 29.5 Å². The van der Waals surface area contributed by atoms with Crippen LogP contribution in [0.15, 0.2) is 53.4 Å². The van der Waals surface area contributed by atoms with Crippen molar-refractivity contribution in [3.8, 4) is 5.75 Å². The van der Waals surface area contributed by atoms with Crippen LogP contribution in [0.3, 0.4) is 0 Å². The van der Waals surface area contributed by atoms with Gasteiger partial charge < -0.3 is 15.5 Å². The monoisotopic (exact) mass is 459 g/mol. The third-order valence-electron chi connectivity index (χ3n) is 4.96. The van der Waals surface area contributed by atoms with Gasteiger partial charge in [0.25, 0.3) is 17.7 Å². The lowest BCUT2D eigenvalue weighted by Crippen LogP contribution is -2.50. The molecule has 0 saturated carbocycles. The van der Waals surface area contributed by atoms with Gasteiger partial charge in [-0.2, -0.15) is 10.4 Å². The van der Waals surface area contributed by atoms with Crippen LogP contribution in [0.25, 0.3) is 0 Å². The SMILES string of the molecule is Cc1c(O)cccc1C(=O)N[C@@H](CSc1ccccc1)C(O)CNON1C(=O)CCC1=O. The van der Waals surface area contributed by atoms with Crippen molar-refractivity contribution in [2.45, 2.75) is 36.8 Å². The number of phenols is 1. The molecule has 1 fully saturated rings. The number of aliphatic hydroxyl groups is 1. The molecule has 170 valence electrons. The van der Waals surface area contributed by atoms with Gasteiger partial charge in [0.1, 0.15) is 5.75 Å². The highest BCUT2D eigenvalue weighted by molar-refractivity contribution is 7.99. The third kappa shape index (κ3) is 6.07. The van der Waals surface area contributed by atoms with E-state index in [4.69, 9.17) is 4.94 Å². The van der Waals surface area contributed by atoms with E-state index in [1.165, 1.54) is 17.8 Å². The smallest absolute Gasteiger partial charge is 0.255 e. The zero-order valence-electron chi connectivity index (χ0n) is 17.5. The van der Waals surface area contributed by atoms with Crippen LogP contribution < -0.4 is 10.8 Å². The molecule has 0 bridgehead atoms. The molecule has 32 heavy (non-hydrogen) atoms. The quantitative estimate of drug-likeness (QED) is 0.239. The number of phenolic OH excluding ortho intramolecular Hbond substituents is 1. The fourth-order valence-electron chi connectivity index (χ4n) is 3.05. The molecule has 4 N–H and O–H groups in total. The van der Waals surface area contributed by atoms with Crippen LogP contribution in [0.5, 0.6) is 5.75 Å². The van der Waals surface area contributed by atoms with E-state index in [9.17, 15) is 24.6 Å². The Hall–Kier alpha value is -2.92. The van der Waals surface area contributed by atoms with Gasteiger partial charge in [-0.25, -0.2) is 0 Å². The summed E-state index contributed by atoms with van der Waals surface area (Å²) in [4.78, 5) is 42.0. The fraction of sp³-hybridized carbons (Fsp3) is 0.318. The number of rotatable bonds is 10. The number of aromatic hydroxyl groups is 1. The number of imide groups is 1. The van der Waals surface area contributed by atoms with Crippen LogP contribution in [-0.4, -0.2) is 57.4 Å². The second-order valence-electron chi connectivity index (χ2n) is 7.24. The number of nitrogens with one attached hydrogen (secondary N) is 2. The fourth-order valence-corrected chi connectivity index (χ4v) is 4.08. The predicted molar refractivity (Wildman–Crippen MR) is 117 cm³/mol. The van der Waals surface area contributed by atoms with Crippen molar-refractivity contribution in [2.75, 3.05) is 12.3 Å². The van der Waals surface area contributed by atoms with Gasteiger partial charge in [0.05, 0.1) is 18.7 Å². The Morgan fingerprint density at radius 1 is 1.12 bits per heavy atom. The number of hydrogen-bond acceptors (Lipinski definition) is 8. The number of aliphatic hydroxyl groups excluding tert-OH is 1. The van der Waals surface area contributed by atoms with Gasteiger partial charge in [-0.05, 0) is 31.2 Å². The molecule has 2 atom stereocenters. The standard InChI is InChI=1S/C22H25N3O6S/c1-14-16(8-5-9-18(14)26)22(30)24-17(13-32-15-6-3-2-4-7-15)19(27)12-23-31-25-20(28)10-11-21(25)29/h2-9,17,19,23,26-27H,10-13H2,1H3,(H,24,30)/t17-,19?/m0/s1. The van der Waals surface area contributed by atoms with Crippen molar-refractivity contribution < 1.29 is 29.5 Å². The number of hydroxylamine groups is 3. The minimum atomic E-state index is -1.10. The Morgan fingerprint density at radius 2 is 1.81 bits per heavy atom. The Balaban J connectivity index is 1.65. The zero-order chi connectivity index (χ0) is 23.1. The molecule has 9 nitrogen and oxygen atoms in total. The molecular formula is C22H25N3O6S. The number of thioether (sulfide) groups is 1. The van der Waals surface area contributed by atoms with Crippen LogP contribution in [0.1, 0.15) is 28.8 Å². The van der Waals surface area contributed by atoms with Crippen LogP contribution in [0.2, 0.25) is 0 Å². The van der Waals surface area contributed by atoms with Crippen LogP contribution in [-0.2, 0) is 14.5 Å². The van der Waals surface area contributed by atoms with Crippen molar-refractivity contribution in [3.63, 3.8) is 0 Å². The summed E-state index contributed by atoms with van der Waals surface area (Å²) in [6.45, 7) is 1.49. The Bertz CT molecular complexity index is 955. The van der Waals surface area contributed by atoms with Crippen LogP contribution >= 0.6 is 11.8 Å². The summed E-state index contributed by atoms with van der Waals surface area (Å²) in [5.41, 5.74) is 3.16. The van der Waals surface area contributed by atoms with Gasteiger partial charge in [0.2, 0.25) is 0 Å². The Morgan fingerprint density at radius 3 is 2.50 bits per heavy atom. The molecule has 10 heteroatoms. The molecular weight excluding hydrogens is 434 g/mol. The normalized spacial score (nSPS) is 15.6. The second kappa shape index (κ2) is 11.1. The van der Waals surface area contributed by atoms with Gasteiger partial charge in [0.15, 0.2) is 0 Å². The van der Waals surface area contributed by atoms with E-state index in [-0.39, 0.29) is 25.1 Å². The van der Waals surface area contributed by atoms with Crippen LogP contribution in [0.4, 0.5) is 0 Å². The number of carbonyl (C=O) groups is 3. The molecule has 1 heterocycles. The summed E-state index contributed by atoms with van der Waals surface area (Å²) >= 11 is 1.45. The largest absolute Gasteiger partial charge is 0.508 e. The maximum Gasteiger partial charge on any atom is 0.255 e. The maximum atomic E-state index is 12.8. The highest BCUT2D eigenvalue weighted by Gasteiger charge is 2.31. The lowest BCUT2D eigenvalue weighted by atomic mass is 10.1. The number of amides is 3. The molecule has 1 unspecified atom stereocenters. The van der Waals surface area contributed by atoms with E-state index in [1.54, 1.807) is 19.1 Å². The van der Waals surface area contributed by atoms with E-state index >= 15 is 0 Å². The summed E-state index contributed by atoms with van der Waals surface area (Å²) in [5, 5.41) is 24.0. The highest BCUT2D eigenvalue weighted by Crippen LogP contribution is 2.22. The van der Waals surface area contributed by atoms with Crippen molar-refractivity contribution in [1.82, 2.24) is 15.9 Å². The first-order chi connectivity index (χ1) is 15.4. The van der Waals surface area contributed by atoms with Crippen molar-refractivity contribution in [2.24, 2.45) is 0 Å². The zero-order valence-corrected chi connectivity index (χ0v) is 18.3.